The van der Waals surface area contributed by atoms with Crippen molar-refractivity contribution < 1.29 is 93.6 Å². The number of amides is 10. The number of nitrogens with one attached hydrogen (secondary N) is 10. The average Bonchev–Trinajstić information content (AvgIpc) is 1.53. The fourth-order valence-electron chi connectivity index (χ4n) is 21.2. The second-order valence-corrected chi connectivity index (χ2v) is 80.3. The van der Waals surface area contributed by atoms with Gasteiger partial charge in [-0.05, 0) is 206 Å². The standard InChI is InChI=1S/C108H188N14O20Si6/c1-41-147(42-2,43-3)141-107-57-81-93(127)115-83(63(11)12)99(133)135-87(65(15)16)97(131)121-79(55-71(59-109-121)139-145(37,38)105(27,28)29)91(125)111-77(51-61(7)8)89(123)117-85(67(19)137-143(33,34)103(21,22)23)95(129)119(81)101(107)113-75-49-47-69(53-73(75)107)70-48-50-76-74(54-70)108(142-148(44-4,45-5)46-6)58-82-94(128)116-84(64(13)14)100(134)136-88(66(17)18)98(132)122-80(56-72(60-110-122)140-146(39,40)106(30,31)32)92(126)112-78(52-62(9)10)90(124)118-86(96(130)120(82)102(108)114-76)68(20)138-144(35,36)104(24,25)26/h47-50,53-54,61-68,71-72,77-88,101-102,109-110,113-114H,41-46,51-52,55-60H2,1-40H3,(H,111,125)(H,112,126)(H,115,127)(H,116,128)(H,117,123)(H,118,124)/t67-,68-,71+,72+,77-,78-,79+,80+,81-,82-,83+,84+,85+,86+,87-,88-,101-,102-,107+,108+/m0/s1. The van der Waals surface area contributed by atoms with Gasteiger partial charge in [0.2, 0.25) is 47.3 Å². The first kappa shape index (κ1) is 122. The lowest BCUT2D eigenvalue weighted by atomic mass is 9.86. The van der Waals surface area contributed by atoms with Crippen molar-refractivity contribution in [1.29, 1.82) is 0 Å². The van der Waals surface area contributed by atoms with Gasteiger partial charge in [0.05, 0.1) is 24.4 Å². The Balaban J connectivity index is 1.19. The molecule has 40 heteroatoms. The highest BCUT2D eigenvalue weighted by atomic mass is 28.4. The van der Waals surface area contributed by atoms with Crippen molar-refractivity contribution in [2.75, 3.05) is 23.7 Å². The van der Waals surface area contributed by atoms with Crippen LogP contribution in [-0.2, 0) is 105 Å². The quantitative estimate of drug-likeness (QED) is 0.0267. The maximum absolute atomic E-state index is 17.5. The van der Waals surface area contributed by atoms with Crippen LogP contribution in [0.4, 0.5) is 11.4 Å². The van der Waals surface area contributed by atoms with Crippen LogP contribution in [0.3, 0.4) is 0 Å². The summed E-state index contributed by atoms with van der Waals surface area (Å²) < 4.78 is 57.8. The Morgan fingerprint density at radius 2 is 0.655 bits per heavy atom. The minimum Gasteiger partial charge on any atom is -0.450 e. The highest BCUT2D eigenvalue weighted by molar-refractivity contribution is 6.76. The normalized spacial score (nSPS) is 28.8. The number of fused-ring (bicyclic) bond motifs is 12. The van der Waals surface area contributed by atoms with E-state index in [9.17, 15) is 0 Å². The molecule has 8 aliphatic heterocycles. The number of esters is 2. The molecule has 34 nitrogen and oxygen atoms in total. The highest BCUT2D eigenvalue weighted by Crippen LogP contribution is 2.59. The molecule has 20 atom stereocenters. The number of cyclic esters (lactones) is 2. The van der Waals surface area contributed by atoms with Crippen molar-refractivity contribution in [1.82, 2.24) is 62.6 Å². The molecular weight excluding hydrogens is 1980 g/mol. The lowest BCUT2D eigenvalue weighted by molar-refractivity contribution is -0.172. The molecule has 0 aliphatic carbocycles. The summed E-state index contributed by atoms with van der Waals surface area (Å²) in [5.74, 6) is -12.4. The van der Waals surface area contributed by atoms with Gasteiger partial charge in [0.25, 0.3) is 11.8 Å². The topological polar surface area (TPSA) is 412 Å². The number of hydrogen-bond acceptors (Lipinski definition) is 24. The van der Waals surface area contributed by atoms with Crippen molar-refractivity contribution in [2.45, 2.75) is 489 Å². The van der Waals surface area contributed by atoms with E-state index in [1.54, 1.807) is 69.2 Å². The predicted molar refractivity (Wildman–Crippen MR) is 593 cm³/mol. The van der Waals surface area contributed by atoms with E-state index in [-0.39, 0.29) is 73.5 Å². The minimum absolute atomic E-state index is 0.00250. The first-order chi connectivity index (χ1) is 68.2. The fraction of sp³-hybridized carbons (Fsp3) is 0.778. The Bertz CT molecular complexity index is 4820. The zero-order valence-electron chi connectivity index (χ0n) is 97.2. The number of carbonyl (C=O) groups excluding carboxylic acids is 12. The molecule has 0 bridgehead atoms. The van der Waals surface area contributed by atoms with Gasteiger partial charge in [-0.25, -0.2) is 20.4 Å². The predicted octanol–water partition coefficient (Wildman–Crippen LogP) is 15.8. The Labute approximate surface area is 890 Å². The molecule has 6 saturated heterocycles. The molecule has 10 N–H and O–H groups in total. The van der Waals surface area contributed by atoms with E-state index >= 15 is 57.5 Å². The summed E-state index contributed by atoms with van der Waals surface area (Å²) in [5, 5.41) is 27.3. The number of rotatable bonds is 29. The number of hydrogen-bond donors (Lipinski definition) is 10. The van der Waals surface area contributed by atoms with Gasteiger partial charge >= 0.3 is 11.9 Å². The van der Waals surface area contributed by atoms with E-state index in [1.165, 1.54) is 19.8 Å². The molecular formula is C108H188N14O20Si6. The monoisotopic (exact) mass is 2170 g/mol. The Morgan fingerprint density at radius 3 is 0.926 bits per heavy atom. The Kier molecular flexibility index (Phi) is 38.4. The summed E-state index contributed by atoms with van der Waals surface area (Å²) in [6, 6.07) is 0.999. The molecule has 8 aliphatic rings. The van der Waals surface area contributed by atoms with Gasteiger partial charge in [0.1, 0.15) is 84.0 Å². The lowest BCUT2D eigenvalue weighted by Crippen LogP contribution is -2.68. The van der Waals surface area contributed by atoms with Crippen molar-refractivity contribution in [3.05, 3.63) is 47.5 Å². The molecule has 0 saturated carbocycles. The molecule has 0 unspecified atom stereocenters. The van der Waals surface area contributed by atoms with Crippen LogP contribution in [0, 0.1) is 35.5 Å². The Morgan fingerprint density at radius 1 is 0.365 bits per heavy atom. The summed E-state index contributed by atoms with van der Waals surface area (Å²) in [7, 11) is -17.1. The molecule has 8 heterocycles. The number of hydrazine groups is 2. The summed E-state index contributed by atoms with van der Waals surface area (Å²) in [6.07, 6.45) is -9.19. The van der Waals surface area contributed by atoms with Crippen molar-refractivity contribution in [3.8, 4) is 11.1 Å². The minimum atomic E-state index is -3.05. The van der Waals surface area contributed by atoms with Crippen LogP contribution in [0.2, 0.25) is 109 Å². The molecule has 834 valence electrons. The third-order valence-corrected chi connectivity index (χ3v) is 62.4. The zero-order chi connectivity index (χ0) is 111. The van der Waals surface area contributed by atoms with Crippen LogP contribution < -0.4 is 53.4 Å². The molecule has 148 heavy (non-hydrogen) atoms. The SMILES string of the molecule is CC[Si](CC)(CC)O[C@@]12C[C@H]3C(=O)N[C@H](C(C)C)C(=O)O[C@@H](C(C)C)C(=O)N4NC[C@H](O[Si](C)(C)C(C)(C)C)C[C@@H]4C(=O)N[C@@H](CC(C)C)C(=O)N[C@H]([C@H](C)O[Si](C)(C)C(C)(C)C)C(=O)N3[C@@H]1Nc1ccc(-c3ccc4c(c3)[C@]3(O[Si](CC)(CC)CC)C[C@H]5C(=O)N[C@H](C(C)C)C(=O)O[C@@H](C(C)C)C(=O)N6NC[C@H](O[Si](C)(C)C(C)(C)C)C[C@@H]6C(=O)N[C@@H](CC(C)C)C(=O)N[C@H]([C@H](C)O[Si](C)(C)C(C)(C)C)C(=O)N5[C@@H]3N4)cc12. The summed E-state index contributed by atoms with van der Waals surface area (Å²) in [4.78, 5) is 198. The van der Waals surface area contributed by atoms with Gasteiger partial charge < -0.3 is 88.4 Å². The largest absolute Gasteiger partial charge is 0.450 e. The van der Waals surface area contributed by atoms with Gasteiger partial charge in [0, 0.05) is 61.3 Å². The fourth-order valence-corrected chi connectivity index (χ4v) is 32.8. The molecule has 0 spiro atoms. The third kappa shape index (κ3) is 25.6. The van der Waals surface area contributed by atoms with Crippen LogP contribution in [0.1, 0.15) is 271 Å². The van der Waals surface area contributed by atoms with E-state index in [0.717, 1.165) is 0 Å². The summed E-state index contributed by atoms with van der Waals surface area (Å²) in [5.41, 5.74) is 6.73. The molecule has 2 aromatic carbocycles. The number of carbonyl (C=O) groups is 12. The summed E-state index contributed by atoms with van der Waals surface area (Å²) in [6.45, 7) is 79.5. The highest BCUT2D eigenvalue weighted by Gasteiger charge is 2.68. The maximum atomic E-state index is 17.5. The second-order valence-electron chi connectivity index (χ2n) is 51.8. The van der Waals surface area contributed by atoms with Gasteiger partial charge in [0.15, 0.2) is 62.1 Å². The van der Waals surface area contributed by atoms with Crippen LogP contribution >= 0.6 is 0 Å². The Hall–Kier alpha value is -7.34. The molecule has 0 aromatic heterocycles. The van der Waals surface area contributed by atoms with E-state index in [4.69, 9.17) is 36.0 Å². The van der Waals surface area contributed by atoms with Crippen LogP contribution in [0.15, 0.2) is 36.4 Å². The van der Waals surface area contributed by atoms with Crippen LogP contribution in [-0.4, -0.2) is 263 Å². The smallest absolute Gasteiger partial charge is 0.329 e. The molecule has 10 amide bonds. The van der Waals surface area contributed by atoms with Gasteiger partial charge in [-0.15, -0.1) is 0 Å². The maximum Gasteiger partial charge on any atom is 0.329 e. The number of anilines is 2. The third-order valence-electron chi connectivity index (χ3n) is 34.9. The molecule has 0 radical (unpaired) electrons. The molecule has 2 aromatic rings. The number of ether oxygens (including phenoxy) is 2. The van der Waals surface area contributed by atoms with E-state index < -0.39 is 275 Å². The first-order valence-corrected chi connectivity index (χ1v) is 71.8. The molecule has 10 rings (SSSR count). The lowest BCUT2D eigenvalue weighted by Gasteiger charge is -2.45. The van der Waals surface area contributed by atoms with Crippen LogP contribution in [0.25, 0.3) is 11.1 Å². The average molecular weight is 2170 g/mol. The van der Waals surface area contributed by atoms with Crippen molar-refractivity contribution >= 4 is 132 Å². The van der Waals surface area contributed by atoms with E-state index in [0.29, 0.717) is 69.9 Å². The zero-order valence-corrected chi connectivity index (χ0v) is 103. The van der Waals surface area contributed by atoms with E-state index in [1.807, 2.05) is 90.3 Å². The van der Waals surface area contributed by atoms with Gasteiger partial charge in [-0.2, -0.15) is 0 Å². The number of nitrogens with zero attached hydrogens (tertiary/aromatic N) is 4. The van der Waals surface area contributed by atoms with Gasteiger partial charge in [-0.1, -0.05) is 220 Å². The van der Waals surface area contributed by atoms with Crippen LogP contribution in [0.5, 0.6) is 0 Å². The first-order valence-electron chi connectivity index (χ1n) is 55.1. The second kappa shape index (κ2) is 46.4. The van der Waals surface area contributed by atoms with E-state index in [2.05, 4.69) is 204 Å². The van der Waals surface area contributed by atoms with Crippen molar-refractivity contribution in [3.63, 3.8) is 0 Å². The van der Waals surface area contributed by atoms with Crippen molar-refractivity contribution in [2.24, 2.45) is 35.5 Å². The molecule has 6 fully saturated rings. The number of benzene rings is 2. The van der Waals surface area contributed by atoms with Gasteiger partial charge in [-0.3, -0.25) is 58.0 Å². The summed E-state index contributed by atoms with van der Waals surface area (Å²) >= 11 is 0.